The van der Waals surface area contributed by atoms with Crippen LogP contribution in [0.4, 0.5) is 0 Å². The minimum atomic E-state index is -0.727. The van der Waals surface area contributed by atoms with Gasteiger partial charge in [0.25, 0.3) is 0 Å². The Hall–Kier alpha value is -0.200. The Morgan fingerprint density at radius 2 is 1.83 bits per heavy atom. The number of aliphatic hydroxyl groups excluding tert-OH is 1. The summed E-state index contributed by atoms with van der Waals surface area (Å²) in [5.74, 6) is 5.04. The van der Waals surface area contributed by atoms with E-state index in [4.69, 9.17) is 15.3 Å². The molecule has 0 radical (unpaired) electrons. The predicted octanol–water partition coefficient (Wildman–Crippen LogP) is -0.790. The molecular formula is C7H18N2O3. The molecule has 74 valence electrons. The second-order valence-corrected chi connectivity index (χ2v) is 2.25. The molecule has 0 aliphatic heterocycles. The van der Waals surface area contributed by atoms with Crippen LogP contribution in [-0.2, 0) is 9.47 Å². The van der Waals surface area contributed by atoms with Crippen LogP contribution in [0.5, 0.6) is 0 Å². The van der Waals surface area contributed by atoms with E-state index in [9.17, 15) is 5.11 Å². The van der Waals surface area contributed by atoms with E-state index >= 15 is 0 Å². The average molecular weight is 178 g/mol. The summed E-state index contributed by atoms with van der Waals surface area (Å²) in [6.45, 7) is 4.95. The topological polar surface area (TPSA) is 76.7 Å². The molecule has 1 unspecified atom stereocenters. The first-order valence-electron chi connectivity index (χ1n) is 4.10. The minimum absolute atomic E-state index is 0.255. The summed E-state index contributed by atoms with van der Waals surface area (Å²) in [7, 11) is 0. The van der Waals surface area contributed by atoms with Gasteiger partial charge in [-0.2, -0.15) is 0 Å². The third kappa shape index (κ3) is 4.63. The highest BCUT2D eigenvalue weighted by Gasteiger charge is 2.18. The molecule has 0 saturated carbocycles. The van der Waals surface area contributed by atoms with E-state index in [1.165, 1.54) is 0 Å². The van der Waals surface area contributed by atoms with Crippen molar-refractivity contribution in [3.63, 3.8) is 0 Å². The van der Waals surface area contributed by atoms with Crippen molar-refractivity contribution >= 4 is 0 Å². The van der Waals surface area contributed by atoms with Crippen molar-refractivity contribution in [3.8, 4) is 0 Å². The SMILES string of the molecule is CCOC(OCC)C(O)CNN. The zero-order valence-electron chi connectivity index (χ0n) is 7.62. The lowest BCUT2D eigenvalue weighted by Gasteiger charge is -2.21. The van der Waals surface area contributed by atoms with Gasteiger partial charge in [-0.25, -0.2) is 0 Å². The van der Waals surface area contributed by atoms with Crippen molar-refractivity contribution in [2.24, 2.45) is 5.84 Å². The Morgan fingerprint density at radius 3 is 2.17 bits per heavy atom. The van der Waals surface area contributed by atoms with Crippen molar-refractivity contribution in [1.82, 2.24) is 5.43 Å². The predicted molar refractivity (Wildman–Crippen MR) is 45.2 cm³/mol. The molecule has 0 aromatic heterocycles. The number of hydrazine groups is 1. The highest BCUT2D eigenvalue weighted by Crippen LogP contribution is 2.00. The number of rotatable bonds is 7. The van der Waals surface area contributed by atoms with Crippen LogP contribution < -0.4 is 11.3 Å². The van der Waals surface area contributed by atoms with Gasteiger partial charge in [-0.15, -0.1) is 0 Å². The zero-order valence-corrected chi connectivity index (χ0v) is 7.62. The highest BCUT2D eigenvalue weighted by atomic mass is 16.7. The molecule has 0 saturated heterocycles. The summed E-state index contributed by atoms with van der Waals surface area (Å²) in [6, 6.07) is 0. The van der Waals surface area contributed by atoms with Gasteiger partial charge in [-0.1, -0.05) is 0 Å². The van der Waals surface area contributed by atoms with Crippen molar-refractivity contribution in [1.29, 1.82) is 0 Å². The molecule has 5 nitrogen and oxygen atoms in total. The van der Waals surface area contributed by atoms with E-state index in [2.05, 4.69) is 5.43 Å². The first kappa shape index (κ1) is 11.8. The first-order valence-corrected chi connectivity index (χ1v) is 4.10. The normalized spacial score (nSPS) is 13.8. The van der Waals surface area contributed by atoms with Crippen LogP contribution in [0.2, 0.25) is 0 Å². The van der Waals surface area contributed by atoms with Gasteiger partial charge >= 0.3 is 0 Å². The Balaban J connectivity index is 3.72. The summed E-state index contributed by atoms with van der Waals surface area (Å²) in [5.41, 5.74) is 2.35. The Morgan fingerprint density at radius 1 is 1.33 bits per heavy atom. The van der Waals surface area contributed by atoms with E-state index in [-0.39, 0.29) is 6.54 Å². The maximum Gasteiger partial charge on any atom is 0.184 e. The Labute approximate surface area is 72.8 Å². The van der Waals surface area contributed by atoms with Gasteiger partial charge in [0.1, 0.15) is 6.10 Å². The molecular weight excluding hydrogens is 160 g/mol. The van der Waals surface area contributed by atoms with Gasteiger partial charge in [0, 0.05) is 19.8 Å². The summed E-state index contributed by atoms with van der Waals surface area (Å²) >= 11 is 0. The molecule has 0 heterocycles. The molecule has 0 aromatic rings. The van der Waals surface area contributed by atoms with E-state index in [1.54, 1.807) is 0 Å². The quantitative estimate of drug-likeness (QED) is 0.270. The third-order valence-corrected chi connectivity index (χ3v) is 1.30. The highest BCUT2D eigenvalue weighted by molar-refractivity contribution is 4.61. The van der Waals surface area contributed by atoms with Crippen LogP contribution >= 0.6 is 0 Å². The van der Waals surface area contributed by atoms with Crippen LogP contribution in [0, 0.1) is 0 Å². The molecule has 0 aliphatic rings. The maximum atomic E-state index is 9.38. The van der Waals surface area contributed by atoms with Gasteiger partial charge in [0.05, 0.1) is 0 Å². The van der Waals surface area contributed by atoms with Crippen molar-refractivity contribution < 1.29 is 14.6 Å². The number of nitrogens with two attached hydrogens (primary N) is 1. The molecule has 4 N–H and O–H groups in total. The lowest BCUT2D eigenvalue weighted by atomic mass is 10.3. The Bertz CT molecular complexity index is 96.7. The van der Waals surface area contributed by atoms with Gasteiger partial charge in [-0.05, 0) is 13.8 Å². The molecule has 1 atom stereocenters. The number of hydrogen-bond donors (Lipinski definition) is 3. The summed E-state index contributed by atoms with van der Waals surface area (Å²) in [5, 5.41) is 9.38. The van der Waals surface area contributed by atoms with Crippen LogP contribution in [0.3, 0.4) is 0 Å². The van der Waals surface area contributed by atoms with Crippen LogP contribution in [0.1, 0.15) is 13.8 Å². The average Bonchev–Trinajstić information content (AvgIpc) is 2.04. The second kappa shape index (κ2) is 7.45. The number of ether oxygens (including phenoxy) is 2. The van der Waals surface area contributed by atoms with E-state index in [0.29, 0.717) is 13.2 Å². The largest absolute Gasteiger partial charge is 0.386 e. The molecule has 0 bridgehead atoms. The van der Waals surface area contributed by atoms with Crippen molar-refractivity contribution in [3.05, 3.63) is 0 Å². The fourth-order valence-electron chi connectivity index (χ4n) is 0.816. The summed E-state index contributed by atoms with van der Waals surface area (Å²) in [4.78, 5) is 0. The molecule has 5 heteroatoms. The molecule has 0 spiro atoms. The number of aliphatic hydroxyl groups is 1. The monoisotopic (exact) mass is 178 g/mol. The fraction of sp³-hybridized carbons (Fsp3) is 1.00. The first-order chi connectivity index (χ1) is 5.76. The van der Waals surface area contributed by atoms with Crippen molar-refractivity contribution in [2.45, 2.75) is 26.2 Å². The van der Waals surface area contributed by atoms with Gasteiger partial charge in [0.2, 0.25) is 0 Å². The molecule has 12 heavy (non-hydrogen) atoms. The molecule has 0 aliphatic carbocycles. The fourth-order valence-corrected chi connectivity index (χ4v) is 0.816. The number of hydrogen-bond acceptors (Lipinski definition) is 5. The molecule has 0 rings (SSSR count). The summed E-state index contributed by atoms with van der Waals surface area (Å²) < 4.78 is 10.3. The van der Waals surface area contributed by atoms with Crippen LogP contribution in [0.25, 0.3) is 0 Å². The molecule has 0 aromatic carbocycles. The lowest BCUT2D eigenvalue weighted by molar-refractivity contribution is -0.188. The van der Waals surface area contributed by atoms with Gasteiger partial charge in [0.15, 0.2) is 6.29 Å². The van der Waals surface area contributed by atoms with Gasteiger partial charge in [-0.3, -0.25) is 11.3 Å². The molecule has 0 fully saturated rings. The van der Waals surface area contributed by atoms with E-state index < -0.39 is 12.4 Å². The minimum Gasteiger partial charge on any atom is -0.386 e. The lowest BCUT2D eigenvalue weighted by Crippen LogP contribution is -2.42. The van der Waals surface area contributed by atoms with Crippen LogP contribution in [0.15, 0.2) is 0 Å². The standard InChI is InChI=1S/C7H18N2O3/c1-3-11-7(12-4-2)6(10)5-9-8/h6-7,9-10H,3-5,8H2,1-2H3. The summed E-state index contributed by atoms with van der Waals surface area (Å²) in [6.07, 6.45) is -1.31. The Kier molecular flexibility index (Phi) is 7.33. The smallest absolute Gasteiger partial charge is 0.184 e. The molecule has 0 amide bonds. The second-order valence-electron chi connectivity index (χ2n) is 2.25. The van der Waals surface area contributed by atoms with Crippen molar-refractivity contribution in [2.75, 3.05) is 19.8 Å². The van der Waals surface area contributed by atoms with E-state index in [1.807, 2.05) is 13.8 Å². The van der Waals surface area contributed by atoms with E-state index in [0.717, 1.165) is 0 Å². The number of nitrogens with one attached hydrogen (secondary N) is 1. The van der Waals surface area contributed by atoms with Gasteiger partial charge < -0.3 is 14.6 Å². The zero-order chi connectivity index (χ0) is 9.40. The third-order valence-electron chi connectivity index (χ3n) is 1.30. The maximum absolute atomic E-state index is 9.38. The van der Waals surface area contributed by atoms with Crippen LogP contribution in [-0.4, -0.2) is 37.3 Å².